The summed E-state index contributed by atoms with van der Waals surface area (Å²) in [5, 5.41) is 5.60. The molecular formula is C15H22N2O2S. The molecule has 0 heterocycles. The Morgan fingerprint density at radius 2 is 1.95 bits per heavy atom. The molecule has 0 saturated carbocycles. The van der Waals surface area contributed by atoms with Crippen molar-refractivity contribution in [1.82, 2.24) is 10.6 Å². The molecule has 1 unspecified atom stereocenters. The van der Waals surface area contributed by atoms with E-state index in [1.54, 1.807) is 24.3 Å². The summed E-state index contributed by atoms with van der Waals surface area (Å²) in [4.78, 5) is 24.1. The van der Waals surface area contributed by atoms with E-state index >= 15 is 0 Å². The fraction of sp³-hybridized carbons (Fsp3) is 0.467. The first-order valence-electron chi connectivity index (χ1n) is 6.93. The fourth-order valence-electron chi connectivity index (χ4n) is 1.74. The zero-order valence-corrected chi connectivity index (χ0v) is 12.7. The second-order valence-corrected chi connectivity index (χ2v) is 5.00. The van der Waals surface area contributed by atoms with Gasteiger partial charge in [-0.05, 0) is 30.7 Å². The SMILES string of the molecule is CCCCNC(=O)C(CCS)NC(=O)c1ccccc1. The minimum atomic E-state index is -0.530. The Balaban J connectivity index is 2.57. The van der Waals surface area contributed by atoms with Gasteiger partial charge in [-0.1, -0.05) is 31.5 Å². The number of nitrogens with one attached hydrogen (secondary N) is 2. The monoisotopic (exact) mass is 294 g/mol. The van der Waals surface area contributed by atoms with Gasteiger partial charge in [0.15, 0.2) is 0 Å². The van der Waals surface area contributed by atoms with Gasteiger partial charge in [-0.15, -0.1) is 0 Å². The molecule has 0 aliphatic carbocycles. The van der Waals surface area contributed by atoms with E-state index in [2.05, 4.69) is 30.2 Å². The summed E-state index contributed by atoms with van der Waals surface area (Å²) in [6.45, 7) is 2.70. The molecule has 1 aromatic carbocycles. The summed E-state index contributed by atoms with van der Waals surface area (Å²) in [6.07, 6.45) is 2.47. The molecule has 2 N–H and O–H groups in total. The molecule has 110 valence electrons. The van der Waals surface area contributed by atoms with Gasteiger partial charge in [0.1, 0.15) is 6.04 Å². The highest BCUT2D eigenvalue weighted by Crippen LogP contribution is 2.02. The van der Waals surface area contributed by atoms with Gasteiger partial charge >= 0.3 is 0 Å². The van der Waals surface area contributed by atoms with Crippen molar-refractivity contribution in [3.05, 3.63) is 35.9 Å². The van der Waals surface area contributed by atoms with Crippen molar-refractivity contribution in [3.63, 3.8) is 0 Å². The van der Waals surface area contributed by atoms with E-state index in [4.69, 9.17) is 0 Å². The lowest BCUT2D eigenvalue weighted by Crippen LogP contribution is -2.47. The van der Waals surface area contributed by atoms with Crippen molar-refractivity contribution < 1.29 is 9.59 Å². The van der Waals surface area contributed by atoms with Gasteiger partial charge < -0.3 is 10.6 Å². The number of carbonyl (C=O) groups excluding carboxylic acids is 2. The summed E-state index contributed by atoms with van der Waals surface area (Å²) in [5.41, 5.74) is 0.554. The molecule has 0 aliphatic heterocycles. The lowest BCUT2D eigenvalue weighted by Gasteiger charge is -2.17. The molecular weight excluding hydrogens is 272 g/mol. The third-order valence-corrected chi connectivity index (χ3v) is 3.16. The maximum absolute atomic E-state index is 12.0. The van der Waals surface area contributed by atoms with E-state index in [1.807, 2.05) is 6.07 Å². The first-order valence-corrected chi connectivity index (χ1v) is 7.56. The van der Waals surface area contributed by atoms with Crippen LogP contribution >= 0.6 is 12.6 Å². The lowest BCUT2D eigenvalue weighted by atomic mass is 10.1. The van der Waals surface area contributed by atoms with Crippen LogP contribution < -0.4 is 10.6 Å². The minimum Gasteiger partial charge on any atom is -0.354 e. The van der Waals surface area contributed by atoms with E-state index in [1.165, 1.54) is 0 Å². The number of carbonyl (C=O) groups is 2. The van der Waals surface area contributed by atoms with E-state index < -0.39 is 6.04 Å². The number of rotatable bonds is 8. The molecule has 0 aliphatic rings. The van der Waals surface area contributed by atoms with Crippen LogP contribution in [0, 0.1) is 0 Å². The maximum Gasteiger partial charge on any atom is 0.251 e. The second-order valence-electron chi connectivity index (χ2n) is 4.55. The van der Waals surface area contributed by atoms with Gasteiger partial charge in [0.05, 0.1) is 0 Å². The molecule has 0 spiro atoms. The Kier molecular flexibility index (Phi) is 7.80. The van der Waals surface area contributed by atoms with Gasteiger partial charge in [0.25, 0.3) is 5.91 Å². The van der Waals surface area contributed by atoms with Crippen LogP contribution in [-0.4, -0.2) is 30.2 Å². The summed E-state index contributed by atoms with van der Waals surface area (Å²) < 4.78 is 0. The van der Waals surface area contributed by atoms with Crippen LogP contribution in [0.3, 0.4) is 0 Å². The number of unbranched alkanes of at least 4 members (excludes halogenated alkanes) is 1. The third-order valence-electron chi connectivity index (χ3n) is 2.91. The Bertz CT molecular complexity index is 423. The quantitative estimate of drug-likeness (QED) is 0.507. The van der Waals surface area contributed by atoms with E-state index in [0.29, 0.717) is 24.3 Å². The second kappa shape index (κ2) is 9.42. The molecule has 0 aromatic heterocycles. The summed E-state index contributed by atoms with van der Waals surface area (Å²) in [5.74, 6) is 0.167. The van der Waals surface area contributed by atoms with Gasteiger partial charge in [0.2, 0.25) is 5.91 Å². The van der Waals surface area contributed by atoms with Crippen LogP contribution in [0.15, 0.2) is 30.3 Å². The van der Waals surface area contributed by atoms with E-state index in [0.717, 1.165) is 12.8 Å². The first kappa shape index (κ1) is 16.6. The van der Waals surface area contributed by atoms with Crippen LogP contribution in [0.4, 0.5) is 0 Å². The Hall–Kier alpha value is -1.49. The van der Waals surface area contributed by atoms with Crippen LogP contribution in [0.25, 0.3) is 0 Å². The molecule has 1 rings (SSSR count). The first-order chi connectivity index (χ1) is 9.69. The van der Waals surface area contributed by atoms with Crippen LogP contribution in [0.1, 0.15) is 36.5 Å². The van der Waals surface area contributed by atoms with E-state index in [9.17, 15) is 9.59 Å². The van der Waals surface area contributed by atoms with Gasteiger partial charge in [-0.3, -0.25) is 9.59 Å². The average molecular weight is 294 g/mol. The van der Waals surface area contributed by atoms with Gasteiger partial charge in [0, 0.05) is 12.1 Å². The summed E-state index contributed by atoms with van der Waals surface area (Å²) in [6, 6.07) is 8.36. The van der Waals surface area contributed by atoms with Crippen LogP contribution in [0.2, 0.25) is 0 Å². The largest absolute Gasteiger partial charge is 0.354 e. The topological polar surface area (TPSA) is 58.2 Å². The highest BCUT2D eigenvalue weighted by Gasteiger charge is 2.20. The highest BCUT2D eigenvalue weighted by molar-refractivity contribution is 7.80. The molecule has 20 heavy (non-hydrogen) atoms. The number of benzene rings is 1. The molecule has 5 heteroatoms. The number of hydrogen-bond acceptors (Lipinski definition) is 3. The number of thiol groups is 1. The molecule has 0 saturated heterocycles. The van der Waals surface area contributed by atoms with Crippen molar-refractivity contribution >= 4 is 24.4 Å². The number of amides is 2. The van der Waals surface area contributed by atoms with Crippen LogP contribution in [0.5, 0.6) is 0 Å². The highest BCUT2D eigenvalue weighted by atomic mass is 32.1. The third kappa shape index (κ3) is 5.65. The molecule has 0 fully saturated rings. The predicted molar refractivity (Wildman–Crippen MR) is 84.1 cm³/mol. The maximum atomic E-state index is 12.0. The average Bonchev–Trinajstić information content (AvgIpc) is 2.47. The molecule has 2 amide bonds. The molecule has 1 aromatic rings. The van der Waals surface area contributed by atoms with Crippen molar-refractivity contribution in [2.75, 3.05) is 12.3 Å². The summed E-state index contributed by atoms with van der Waals surface area (Å²) in [7, 11) is 0. The fourth-order valence-corrected chi connectivity index (χ4v) is 2.00. The van der Waals surface area contributed by atoms with Gasteiger partial charge in [-0.25, -0.2) is 0 Å². The van der Waals surface area contributed by atoms with E-state index in [-0.39, 0.29) is 11.8 Å². The number of hydrogen-bond donors (Lipinski definition) is 3. The Morgan fingerprint density at radius 3 is 2.55 bits per heavy atom. The summed E-state index contributed by atoms with van der Waals surface area (Å²) >= 11 is 4.14. The zero-order chi connectivity index (χ0) is 14.8. The standard InChI is InChI=1S/C15H22N2O2S/c1-2-3-10-16-15(19)13(9-11-20)17-14(18)12-7-5-4-6-8-12/h4-8,13,20H,2-3,9-11H2,1H3,(H,16,19)(H,17,18). The molecule has 0 radical (unpaired) electrons. The Labute approximate surface area is 125 Å². The van der Waals surface area contributed by atoms with Crippen molar-refractivity contribution in [3.8, 4) is 0 Å². The zero-order valence-electron chi connectivity index (χ0n) is 11.8. The molecule has 0 bridgehead atoms. The van der Waals surface area contributed by atoms with Crippen molar-refractivity contribution in [2.45, 2.75) is 32.2 Å². The molecule has 1 atom stereocenters. The smallest absolute Gasteiger partial charge is 0.251 e. The van der Waals surface area contributed by atoms with Crippen molar-refractivity contribution in [1.29, 1.82) is 0 Å². The Morgan fingerprint density at radius 1 is 1.25 bits per heavy atom. The lowest BCUT2D eigenvalue weighted by molar-refractivity contribution is -0.123. The predicted octanol–water partition coefficient (Wildman–Crippen LogP) is 2.02. The molecule has 4 nitrogen and oxygen atoms in total. The van der Waals surface area contributed by atoms with Crippen LogP contribution in [-0.2, 0) is 4.79 Å². The minimum absolute atomic E-state index is 0.142. The van der Waals surface area contributed by atoms with Crippen molar-refractivity contribution in [2.24, 2.45) is 0 Å². The van der Waals surface area contributed by atoms with Gasteiger partial charge in [-0.2, -0.15) is 12.6 Å². The normalized spacial score (nSPS) is 11.7.